The Labute approximate surface area is 129 Å². The zero-order valence-corrected chi connectivity index (χ0v) is 13.1. The molecule has 7 heteroatoms. The number of aromatic nitrogens is 2. The van der Waals surface area contributed by atoms with Crippen molar-refractivity contribution < 1.29 is 19.4 Å². The highest BCUT2D eigenvalue weighted by Crippen LogP contribution is 2.33. The van der Waals surface area contributed by atoms with Gasteiger partial charge in [-0.05, 0) is 19.8 Å². The van der Waals surface area contributed by atoms with Gasteiger partial charge in [0.2, 0.25) is 6.41 Å². The molecule has 0 aromatic carbocycles. The number of aliphatic hydroxyl groups is 1. The van der Waals surface area contributed by atoms with E-state index in [9.17, 15) is 9.90 Å². The van der Waals surface area contributed by atoms with E-state index < -0.39 is 12.4 Å². The number of nitrogens with zero attached hydrogens (tertiary/aromatic N) is 2. The average Bonchev–Trinajstić information content (AvgIpc) is 2.94. The number of hydrogen-bond acceptors (Lipinski definition) is 6. The Morgan fingerprint density at radius 2 is 2.24 bits per heavy atom. The zero-order chi connectivity index (χ0) is 15.3. The van der Waals surface area contributed by atoms with Crippen molar-refractivity contribution in [3.8, 4) is 0 Å². The van der Waals surface area contributed by atoms with Crippen LogP contribution in [0.25, 0.3) is 0 Å². The van der Waals surface area contributed by atoms with Crippen LogP contribution in [0.15, 0.2) is 12.5 Å². The van der Waals surface area contributed by atoms with Gasteiger partial charge in [-0.2, -0.15) is 12.6 Å². The minimum absolute atomic E-state index is 0.0325. The molecule has 1 saturated carbocycles. The van der Waals surface area contributed by atoms with Crippen LogP contribution in [0, 0.1) is 0 Å². The first-order valence-corrected chi connectivity index (χ1v) is 7.80. The Bertz CT molecular complexity index is 471. The Balaban J connectivity index is 1.89. The summed E-state index contributed by atoms with van der Waals surface area (Å²) in [6.07, 6.45) is 7.38. The van der Waals surface area contributed by atoms with Crippen LogP contribution >= 0.6 is 12.6 Å². The number of carbonyl (C=O) groups excluding carboxylic acids is 1. The van der Waals surface area contributed by atoms with Gasteiger partial charge >= 0.3 is 5.97 Å². The molecule has 2 rings (SSSR count). The molecule has 0 aliphatic heterocycles. The van der Waals surface area contributed by atoms with Crippen molar-refractivity contribution in [1.82, 2.24) is 9.55 Å². The molecule has 0 radical (unpaired) electrons. The molecule has 118 valence electrons. The van der Waals surface area contributed by atoms with E-state index in [4.69, 9.17) is 9.47 Å². The number of imidazole rings is 1. The lowest BCUT2D eigenvalue weighted by atomic mass is 9.86. The van der Waals surface area contributed by atoms with Crippen LogP contribution in [-0.2, 0) is 20.9 Å². The third kappa shape index (κ3) is 4.72. The van der Waals surface area contributed by atoms with E-state index in [1.165, 1.54) is 17.3 Å². The second kappa shape index (κ2) is 7.29. The van der Waals surface area contributed by atoms with Gasteiger partial charge in [0.25, 0.3) is 0 Å². The van der Waals surface area contributed by atoms with E-state index in [1.807, 2.05) is 6.92 Å². The summed E-state index contributed by atoms with van der Waals surface area (Å²) >= 11 is 3.82. The summed E-state index contributed by atoms with van der Waals surface area (Å²) in [5.74, 6) is -0.371. The maximum Gasteiger partial charge on any atom is 0.316 e. The monoisotopic (exact) mass is 314 g/mol. The molecule has 1 atom stereocenters. The number of aliphatic hydroxyl groups excluding tert-OH is 1. The second-order valence-electron chi connectivity index (χ2n) is 5.59. The molecule has 1 aliphatic carbocycles. The quantitative estimate of drug-likeness (QED) is 0.477. The summed E-state index contributed by atoms with van der Waals surface area (Å²) < 4.78 is 12.2. The van der Waals surface area contributed by atoms with Crippen LogP contribution in [-0.4, -0.2) is 32.0 Å². The van der Waals surface area contributed by atoms with Crippen molar-refractivity contribution in [1.29, 1.82) is 0 Å². The van der Waals surface area contributed by atoms with Gasteiger partial charge in [-0.15, -0.1) is 0 Å². The van der Waals surface area contributed by atoms with Gasteiger partial charge in [0.05, 0.1) is 23.4 Å². The van der Waals surface area contributed by atoms with E-state index in [2.05, 4.69) is 17.6 Å². The molecular weight excluding hydrogens is 292 g/mol. The third-order valence-electron chi connectivity index (χ3n) is 3.72. The zero-order valence-electron chi connectivity index (χ0n) is 12.2. The molecule has 1 heterocycles. The van der Waals surface area contributed by atoms with E-state index in [1.54, 1.807) is 6.20 Å². The highest BCUT2D eigenvalue weighted by Gasteiger charge is 2.30. The molecule has 0 bridgehead atoms. The maximum atomic E-state index is 11.0. The van der Waals surface area contributed by atoms with Crippen LogP contribution in [0.1, 0.15) is 51.1 Å². The van der Waals surface area contributed by atoms with Gasteiger partial charge in [0, 0.05) is 6.20 Å². The largest absolute Gasteiger partial charge is 0.458 e. The molecule has 1 fully saturated rings. The van der Waals surface area contributed by atoms with Crippen LogP contribution in [0.5, 0.6) is 0 Å². The van der Waals surface area contributed by atoms with Gasteiger partial charge in [0.15, 0.2) is 0 Å². The minimum Gasteiger partial charge on any atom is -0.458 e. The molecule has 1 aromatic heterocycles. The lowest BCUT2D eigenvalue weighted by Crippen LogP contribution is -2.34. The van der Waals surface area contributed by atoms with E-state index in [-0.39, 0.29) is 18.0 Å². The van der Waals surface area contributed by atoms with Crippen molar-refractivity contribution in [3.63, 3.8) is 0 Å². The van der Waals surface area contributed by atoms with Gasteiger partial charge in [-0.1, -0.05) is 19.3 Å². The normalized spacial score (nSPS) is 19.2. The number of hydrogen-bond donors (Lipinski definition) is 2. The molecule has 0 saturated heterocycles. The fourth-order valence-corrected chi connectivity index (χ4v) is 2.60. The van der Waals surface area contributed by atoms with E-state index >= 15 is 0 Å². The van der Waals surface area contributed by atoms with Gasteiger partial charge in [0.1, 0.15) is 6.61 Å². The van der Waals surface area contributed by atoms with Crippen LogP contribution in [0.3, 0.4) is 0 Å². The summed E-state index contributed by atoms with van der Waals surface area (Å²) in [6.45, 7) is 2.10. The molecule has 0 amide bonds. The van der Waals surface area contributed by atoms with E-state index in [0.717, 1.165) is 25.7 Å². The predicted molar refractivity (Wildman–Crippen MR) is 79.7 cm³/mol. The summed E-state index contributed by atoms with van der Waals surface area (Å²) in [6, 6.07) is 0. The van der Waals surface area contributed by atoms with Crippen LogP contribution in [0.4, 0.5) is 0 Å². The molecule has 1 aromatic rings. The molecule has 1 N–H and O–H groups in total. The molecule has 0 spiro atoms. The van der Waals surface area contributed by atoms with Crippen LogP contribution in [0.2, 0.25) is 0 Å². The Morgan fingerprint density at radius 3 is 2.90 bits per heavy atom. The van der Waals surface area contributed by atoms with Gasteiger partial charge in [-0.25, -0.2) is 4.98 Å². The van der Waals surface area contributed by atoms with Crippen molar-refractivity contribution >= 4 is 18.6 Å². The lowest BCUT2D eigenvalue weighted by molar-refractivity contribution is -0.229. The first-order chi connectivity index (χ1) is 10.0. The number of thiol groups is 1. The first kappa shape index (κ1) is 16.3. The second-order valence-corrected chi connectivity index (χ2v) is 5.90. The highest BCUT2D eigenvalue weighted by atomic mass is 32.1. The summed E-state index contributed by atoms with van der Waals surface area (Å²) in [5, 5.41) is 10.2. The number of esters is 1. The highest BCUT2D eigenvalue weighted by molar-refractivity contribution is 7.81. The molecule has 6 nitrogen and oxygen atoms in total. The number of ether oxygens (including phenoxy) is 2. The molecule has 1 aliphatic rings. The first-order valence-electron chi connectivity index (χ1n) is 7.17. The Kier molecular flexibility index (Phi) is 5.66. The third-order valence-corrected chi connectivity index (χ3v) is 3.98. The summed E-state index contributed by atoms with van der Waals surface area (Å²) in [4.78, 5) is 15.1. The lowest BCUT2D eigenvalue weighted by Gasteiger charge is -2.35. The topological polar surface area (TPSA) is 73.6 Å². The maximum absolute atomic E-state index is 11.0. The standard InChI is InChI=1S/C14H22N2O4S/c1-14(5-3-2-4-6-14)20-13(18)16-7-11(15-10-16)8-19-12(17)9-21/h7,10,13,18,21H,2-6,8-9H2,1H3. The summed E-state index contributed by atoms with van der Waals surface area (Å²) in [5.41, 5.74) is 0.266. The van der Waals surface area contributed by atoms with Crippen LogP contribution < -0.4 is 0 Å². The van der Waals surface area contributed by atoms with Crippen molar-refractivity contribution in [2.75, 3.05) is 5.75 Å². The smallest absolute Gasteiger partial charge is 0.316 e. The Morgan fingerprint density at radius 1 is 1.52 bits per heavy atom. The minimum atomic E-state index is -1.07. The van der Waals surface area contributed by atoms with Crippen molar-refractivity contribution in [3.05, 3.63) is 18.2 Å². The van der Waals surface area contributed by atoms with Gasteiger partial charge < -0.3 is 14.6 Å². The Hall–Kier alpha value is -1.05. The van der Waals surface area contributed by atoms with Crippen molar-refractivity contribution in [2.45, 2.75) is 57.6 Å². The summed E-state index contributed by atoms with van der Waals surface area (Å²) in [7, 11) is 0. The fraction of sp³-hybridized carbons (Fsp3) is 0.714. The number of carbonyl (C=O) groups is 1. The fourth-order valence-electron chi connectivity index (χ4n) is 2.51. The molecular formula is C14H22N2O4S. The van der Waals surface area contributed by atoms with Gasteiger partial charge in [-0.3, -0.25) is 9.36 Å². The van der Waals surface area contributed by atoms with Crippen molar-refractivity contribution in [2.24, 2.45) is 0 Å². The predicted octanol–water partition coefficient (Wildman–Crippen LogP) is 2.04. The molecule has 21 heavy (non-hydrogen) atoms. The average molecular weight is 314 g/mol. The number of rotatable bonds is 6. The SMILES string of the molecule is CC1(OC(O)n2cnc(COC(=O)CS)c2)CCCCC1. The molecule has 1 unspecified atom stereocenters. The van der Waals surface area contributed by atoms with E-state index in [0.29, 0.717) is 5.69 Å².